The molecular weight excluding hydrogens is 378 g/mol. The average Bonchev–Trinajstić information content (AvgIpc) is 2.74. The third-order valence-corrected chi connectivity index (χ3v) is 6.75. The summed E-state index contributed by atoms with van der Waals surface area (Å²) in [4.78, 5) is 16.3. The quantitative estimate of drug-likeness (QED) is 0.767. The van der Waals surface area contributed by atoms with Crippen molar-refractivity contribution in [3.63, 3.8) is 0 Å². The maximum Gasteiger partial charge on any atom is 0.251 e. The zero-order valence-electron chi connectivity index (χ0n) is 15.9. The third-order valence-electron chi connectivity index (χ3n) is 4.88. The van der Waals surface area contributed by atoms with Crippen LogP contribution in [0.2, 0.25) is 0 Å². The van der Waals surface area contributed by atoms with Gasteiger partial charge in [-0.2, -0.15) is 4.31 Å². The first-order valence-corrected chi connectivity index (χ1v) is 10.9. The van der Waals surface area contributed by atoms with Crippen LogP contribution in [0.3, 0.4) is 0 Å². The zero-order chi connectivity index (χ0) is 20.0. The van der Waals surface area contributed by atoms with E-state index in [0.717, 1.165) is 24.8 Å². The molecule has 2 aromatic rings. The molecule has 1 aromatic heterocycles. The van der Waals surface area contributed by atoms with Gasteiger partial charge in [-0.25, -0.2) is 8.42 Å². The smallest absolute Gasteiger partial charge is 0.251 e. The van der Waals surface area contributed by atoms with Gasteiger partial charge in [0.1, 0.15) is 5.75 Å². The molecule has 7 nitrogen and oxygen atoms in total. The molecule has 28 heavy (non-hydrogen) atoms. The first-order valence-electron chi connectivity index (χ1n) is 9.33. The van der Waals surface area contributed by atoms with Crippen molar-refractivity contribution in [2.45, 2.75) is 25.3 Å². The summed E-state index contributed by atoms with van der Waals surface area (Å²) >= 11 is 0. The number of hydrogen-bond donors (Lipinski definition) is 1. The molecule has 1 atom stereocenters. The Morgan fingerprint density at radius 2 is 2.04 bits per heavy atom. The largest absolute Gasteiger partial charge is 0.497 e. The van der Waals surface area contributed by atoms with E-state index < -0.39 is 10.0 Å². The van der Waals surface area contributed by atoms with Crippen molar-refractivity contribution in [1.82, 2.24) is 14.6 Å². The van der Waals surface area contributed by atoms with Crippen LogP contribution in [0.15, 0.2) is 48.8 Å². The lowest BCUT2D eigenvalue weighted by atomic mass is 9.99. The highest BCUT2D eigenvalue weighted by atomic mass is 32.2. The highest BCUT2D eigenvalue weighted by Gasteiger charge is 2.33. The van der Waals surface area contributed by atoms with E-state index in [1.54, 1.807) is 48.1 Å². The molecule has 1 aromatic carbocycles. The van der Waals surface area contributed by atoms with Crippen LogP contribution in [0.5, 0.6) is 5.75 Å². The molecule has 0 radical (unpaired) electrons. The van der Waals surface area contributed by atoms with Crippen LogP contribution in [0, 0.1) is 0 Å². The molecule has 1 saturated heterocycles. The first-order chi connectivity index (χ1) is 13.5. The molecule has 1 fully saturated rings. The van der Waals surface area contributed by atoms with E-state index in [1.807, 2.05) is 12.1 Å². The topological polar surface area (TPSA) is 88.6 Å². The Morgan fingerprint density at radius 1 is 1.25 bits per heavy atom. The molecule has 0 aliphatic carbocycles. The minimum absolute atomic E-state index is 0.0590. The van der Waals surface area contributed by atoms with Crippen molar-refractivity contribution in [3.8, 4) is 5.75 Å². The molecular formula is C20H25N3O4S. The summed E-state index contributed by atoms with van der Waals surface area (Å²) in [6, 6.07) is 10.2. The van der Waals surface area contributed by atoms with Crippen molar-refractivity contribution >= 4 is 15.9 Å². The van der Waals surface area contributed by atoms with E-state index in [1.165, 1.54) is 0 Å². The van der Waals surface area contributed by atoms with Gasteiger partial charge in [0, 0.05) is 31.0 Å². The number of methoxy groups -OCH3 is 1. The molecule has 0 saturated carbocycles. The monoisotopic (exact) mass is 403 g/mol. The van der Waals surface area contributed by atoms with Crippen LogP contribution in [-0.2, 0) is 10.0 Å². The van der Waals surface area contributed by atoms with Gasteiger partial charge in [0.15, 0.2) is 0 Å². The lowest BCUT2D eigenvalue weighted by Gasteiger charge is -2.34. The molecule has 0 spiro atoms. The van der Waals surface area contributed by atoms with E-state index in [9.17, 15) is 13.2 Å². The summed E-state index contributed by atoms with van der Waals surface area (Å²) in [6.45, 7) is 0.553. The standard InChI is InChI=1S/C20H25N3O4S/c1-27-18-9-7-16(8-10-18)20(24)22-12-14-28(25,26)23-13-3-2-6-19(23)17-5-4-11-21-15-17/h4-5,7-11,15,19H,2-3,6,12-14H2,1H3,(H,22,24)/t19-/m1/s1. The normalized spacial score (nSPS) is 17.8. The van der Waals surface area contributed by atoms with Gasteiger partial charge in [0.25, 0.3) is 5.91 Å². The van der Waals surface area contributed by atoms with Gasteiger partial charge >= 0.3 is 0 Å². The number of nitrogens with zero attached hydrogens (tertiary/aromatic N) is 2. The number of ether oxygens (including phenoxy) is 1. The van der Waals surface area contributed by atoms with Crippen LogP contribution in [-0.4, -0.2) is 49.6 Å². The Bertz CT molecular complexity index is 885. The molecule has 3 rings (SSSR count). The summed E-state index contributed by atoms with van der Waals surface area (Å²) in [5, 5.41) is 2.69. The average molecular weight is 404 g/mol. The molecule has 1 aliphatic rings. The first kappa shape index (κ1) is 20.3. The van der Waals surface area contributed by atoms with Gasteiger partial charge in [-0.3, -0.25) is 9.78 Å². The molecule has 8 heteroatoms. The van der Waals surface area contributed by atoms with Gasteiger partial charge in [0.2, 0.25) is 10.0 Å². The van der Waals surface area contributed by atoms with Crippen LogP contribution in [0.4, 0.5) is 0 Å². The predicted molar refractivity (Wildman–Crippen MR) is 107 cm³/mol. The van der Waals surface area contributed by atoms with Crippen LogP contribution >= 0.6 is 0 Å². The second-order valence-electron chi connectivity index (χ2n) is 6.71. The van der Waals surface area contributed by atoms with Gasteiger partial charge in [-0.1, -0.05) is 12.5 Å². The van der Waals surface area contributed by atoms with Crippen molar-refractivity contribution in [1.29, 1.82) is 0 Å². The van der Waals surface area contributed by atoms with E-state index in [4.69, 9.17) is 4.74 Å². The number of piperidine rings is 1. The van der Waals surface area contributed by atoms with Gasteiger partial charge < -0.3 is 10.1 Å². The van der Waals surface area contributed by atoms with Crippen molar-refractivity contribution in [2.75, 3.05) is 26.0 Å². The Hall–Kier alpha value is -2.45. The Morgan fingerprint density at radius 3 is 2.71 bits per heavy atom. The summed E-state index contributed by atoms with van der Waals surface area (Å²) < 4.78 is 32.4. The van der Waals surface area contributed by atoms with Crippen molar-refractivity contribution in [2.24, 2.45) is 0 Å². The van der Waals surface area contributed by atoms with Gasteiger partial charge in [0.05, 0.1) is 18.9 Å². The summed E-state index contributed by atoms with van der Waals surface area (Å²) in [6.07, 6.45) is 6.01. The molecule has 1 N–H and O–H groups in total. The minimum Gasteiger partial charge on any atom is -0.497 e. The molecule has 1 amide bonds. The number of amides is 1. The predicted octanol–water partition coefficient (Wildman–Crippen LogP) is 2.38. The highest BCUT2D eigenvalue weighted by molar-refractivity contribution is 7.89. The van der Waals surface area contributed by atoms with Gasteiger partial charge in [-0.15, -0.1) is 0 Å². The zero-order valence-corrected chi connectivity index (χ0v) is 16.7. The number of carbonyl (C=O) groups excluding carboxylic acids is 1. The molecule has 0 unspecified atom stereocenters. The Balaban J connectivity index is 1.61. The number of nitrogens with one attached hydrogen (secondary N) is 1. The van der Waals surface area contributed by atoms with E-state index >= 15 is 0 Å². The fourth-order valence-corrected chi connectivity index (χ4v) is 5.02. The molecule has 2 heterocycles. The number of rotatable bonds is 7. The summed E-state index contributed by atoms with van der Waals surface area (Å²) in [5.41, 5.74) is 1.37. The number of carbonyl (C=O) groups is 1. The number of hydrogen-bond acceptors (Lipinski definition) is 5. The molecule has 0 bridgehead atoms. The van der Waals surface area contributed by atoms with Crippen molar-refractivity contribution in [3.05, 3.63) is 59.9 Å². The van der Waals surface area contributed by atoms with Crippen LogP contribution in [0.1, 0.15) is 41.2 Å². The van der Waals surface area contributed by atoms with Crippen LogP contribution in [0.25, 0.3) is 0 Å². The second-order valence-corrected chi connectivity index (χ2v) is 8.75. The number of sulfonamides is 1. The highest BCUT2D eigenvalue weighted by Crippen LogP contribution is 2.32. The fourth-order valence-electron chi connectivity index (χ4n) is 3.40. The van der Waals surface area contributed by atoms with E-state index in [0.29, 0.717) is 17.9 Å². The minimum atomic E-state index is -3.50. The molecule has 1 aliphatic heterocycles. The lowest BCUT2D eigenvalue weighted by Crippen LogP contribution is -2.42. The second kappa shape index (κ2) is 9.16. The number of aromatic nitrogens is 1. The number of benzene rings is 1. The van der Waals surface area contributed by atoms with Gasteiger partial charge in [-0.05, 0) is 48.7 Å². The lowest BCUT2D eigenvalue weighted by molar-refractivity contribution is 0.0956. The Labute approximate surface area is 165 Å². The molecule has 150 valence electrons. The van der Waals surface area contributed by atoms with E-state index in [-0.39, 0.29) is 24.2 Å². The summed E-state index contributed by atoms with van der Waals surface area (Å²) in [7, 11) is -1.94. The number of pyridine rings is 1. The summed E-state index contributed by atoms with van der Waals surface area (Å²) in [5.74, 6) is 0.219. The Kier molecular flexibility index (Phi) is 6.64. The van der Waals surface area contributed by atoms with Crippen molar-refractivity contribution < 1.29 is 17.9 Å². The SMILES string of the molecule is COc1ccc(C(=O)NCCS(=O)(=O)N2CCCC[C@@H]2c2cccnc2)cc1. The maximum atomic E-state index is 12.9. The van der Waals surface area contributed by atoms with Crippen LogP contribution < -0.4 is 10.1 Å². The maximum absolute atomic E-state index is 12.9. The third kappa shape index (κ3) is 4.88. The fraction of sp³-hybridized carbons (Fsp3) is 0.400. The van der Waals surface area contributed by atoms with E-state index in [2.05, 4.69) is 10.3 Å².